The van der Waals surface area contributed by atoms with Crippen LogP contribution in [0.5, 0.6) is 5.75 Å². The maximum absolute atomic E-state index is 11.8. The predicted molar refractivity (Wildman–Crippen MR) is 90.0 cm³/mol. The van der Waals surface area contributed by atoms with Crippen molar-refractivity contribution in [3.05, 3.63) is 42.0 Å². The fourth-order valence-electron chi connectivity index (χ4n) is 2.34. The number of hydrogen-bond acceptors (Lipinski definition) is 5. The molecule has 0 saturated carbocycles. The lowest BCUT2D eigenvalue weighted by Gasteiger charge is -2.16. The molecular weight excluding hydrogens is 294 g/mol. The number of ether oxygens (including phenoxy) is 1. The molecule has 0 fully saturated rings. The van der Waals surface area contributed by atoms with Crippen molar-refractivity contribution >= 4 is 16.6 Å². The molecule has 1 atom stereocenters. The van der Waals surface area contributed by atoms with Gasteiger partial charge in [0.15, 0.2) is 5.78 Å². The summed E-state index contributed by atoms with van der Waals surface area (Å²) in [6.07, 6.45) is -0.616. The minimum absolute atomic E-state index is 0.164. The number of rotatable bonds is 8. The number of carbonyl (C=O) groups excluding carboxylic acids is 1. The fraction of sp³-hybridized carbons (Fsp3) is 0.389. The van der Waals surface area contributed by atoms with Crippen molar-refractivity contribution in [3.8, 4) is 5.75 Å². The van der Waals surface area contributed by atoms with Crippen LogP contribution < -0.4 is 10.1 Å². The van der Waals surface area contributed by atoms with Crippen LogP contribution in [0.3, 0.4) is 0 Å². The van der Waals surface area contributed by atoms with Gasteiger partial charge in [-0.2, -0.15) is 0 Å². The molecule has 2 aromatic rings. The van der Waals surface area contributed by atoms with Crippen molar-refractivity contribution in [2.75, 3.05) is 19.8 Å². The summed E-state index contributed by atoms with van der Waals surface area (Å²) in [6.45, 7) is 4.12. The smallest absolute Gasteiger partial charge is 0.188 e. The molecule has 2 rings (SSSR count). The van der Waals surface area contributed by atoms with Gasteiger partial charge in [0.25, 0.3) is 0 Å². The summed E-state index contributed by atoms with van der Waals surface area (Å²) in [5.41, 5.74) is 0.470. The van der Waals surface area contributed by atoms with E-state index in [4.69, 9.17) is 9.84 Å². The first-order valence-corrected chi connectivity index (χ1v) is 7.73. The summed E-state index contributed by atoms with van der Waals surface area (Å²) in [4.78, 5) is 11.8. The van der Waals surface area contributed by atoms with Crippen LogP contribution in [0.2, 0.25) is 0 Å². The van der Waals surface area contributed by atoms with Gasteiger partial charge in [-0.15, -0.1) is 0 Å². The molecule has 1 unspecified atom stereocenters. The molecule has 0 saturated heterocycles. The predicted octanol–water partition coefficient (Wildman–Crippen LogP) is 1.75. The van der Waals surface area contributed by atoms with E-state index < -0.39 is 12.7 Å². The third-order valence-electron chi connectivity index (χ3n) is 3.52. The van der Waals surface area contributed by atoms with Gasteiger partial charge in [0, 0.05) is 23.5 Å². The van der Waals surface area contributed by atoms with Crippen LogP contribution in [0, 0.1) is 0 Å². The van der Waals surface area contributed by atoms with Crippen LogP contribution in [-0.2, 0) is 0 Å². The minimum atomic E-state index is -0.616. The summed E-state index contributed by atoms with van der Waals surface area (Å²) in [5.74, 6) is 0.285. The maximum atomic E-state index is 11.8. The first-order valence-electron chi connectivity index (χ1n) is 7.73. The van der Waals surface area contributed by atoms with Crippen LogP contribution in [0.15, 0.2) is 36.4 Å². The number of fused-ring (bicyclic) bond motifs is 1. The fourth-order valence-corrected chi connectivity index (χ4v) is 2.34. The topological polar surface area (TPSA) is 78.8 Å². The van der Waals surface area contributed by atoms with E-state index in [1.54, 1.807) is 12.1 Å². The highest BCUT2D eigenvalue weighted by molar-refractivity contribution is 6.10. The molecule has 5 heteroatoms. The standard InChI is InChI=1S/C18H23NO4/c1-12(2)19-9-13(21)11-23-18-8-7-15(17(22)10-20)14-5-3-4-6-16(14)18/h3-8,12-13,19-21H,9-11H2,1-2H3. The molecule has 0 amide bonds. The lowest BCUT2D eigenvalue weighted by atomic mass is 10.0. The summed E-state index contributed by atoms with van der Waals surface area (Å²) in [7, 11) is 0. The Morgan fingerprint density at radius 3 is 2.52 bits per heavy atom. The van der Waals surface area contributed by atoms with Crippen molar-refractivity contribution in [2.24, 2.45) is 0 Å². The summed E-state index contributed by atoms with van der Waals surface area (Å²) < 4.78 is 5.72. The van der Waals surface area contributed by atoms with Gasteiger partial charge >= 0.3 is 0 Å². The van der Waals surface area contributed by atoms with Crippen molar-refractivity contribution in [1.29, 1.82) is 0 Å². The van der Waals surface area contributed by atoms with Gasteiger partial charge in [0.05, 0.1) is 0 Å². The van der Waals surface area contributed by atoms with Crippen LogP contribution >= 0.6 is 0 Å². The largest absolute Gasteiger partial charge is 0.490 e. The van der Waals surface area contributed by atoms with E-state index in [-0.39, 0.29) is 12.4 Å². The molecule has 0 aliphatic carbocycles. The Bertz CT molecular complexity index is 669. The lowest BCUT2D eigenvalue weighted by Crippen LogP contribution is -2.35. The Morgan fingerprint density at radius 2 is 1.87 bits per heavy atom. The van der Waals surface area contributed by atoms with Gasteiger partial charge in [-0.3, -0.25) is 4.79 Å². The molecule has 5 nitrogen and oxygen atoms in total. The molecule has 0 aromatic heterocycles. The summed E-state index contributed by atoms with van der Waals surface area (Å²) in [6, 6.07) is 11.0. The first kappa shape index (κ1) is 17.4. The number of ketones is 1. The number of nitrogens with one attached hydrogen (secondary N) is 1. The number of hydrogen-bond donors (Lipinski definition) is 3. The highest BCUT2D eigenvalue weighted by atomic mass is 16.5. The van der Waals surface area contributed by atoms with Gasteiger partial charge in [-0.1, -0.05) is 38.1 Å². The van der Waals surface area contributed by atoms with Gasteiger partial charge in [-0.05, 0) is 17.5 Å². The van der Waals surface area contributed by atoms with Crippen molar-refractivity contribution < 1.29 is 19.7 Å². The Balaban J connectivity index is 2.17. The average Bonchev–Trinajstić information content (AvgIpc) is 2.57. The van der Waals surface area contributed by atoms with Gasteiger partial charge < -0.3 is 20.3 Å². The van der Waals surface area contributed by atoms with Crippen molar-refractivity contribution in [3.63, 3.8) is 0 Å². The SMILES string of the molecule is CC(C)NCC(O)COc1ccc(C(=O)CO)c2ccccc12. The number of aliphatic hydroxyl groups excluding tert-OH is 2. The molecule has 0 bridgehead atoms. The van der Waals surface area contributed by atoms with E-state index in [0.717, 1.165) is 10.8 Å². The normalized spacial score (nSPS) is 12.6. The van der Waals surface area contributed by atoms with E-state index in [9.17, 15) is 9.90 Å². The van der Waals surface area contributed by atoms with Crippen LogP contribution in [0.1, 0.15) is 24.2 Å². The van der Waals surface area contributed by atoms with Crippen LogP contribution in [0.25, 0.3) is 10.8 Å². The van der Waals surface area contributed by atoms with Crippen LogP contribution in [0.4, 0.5) is 0 Å². The average molecular weight is 317 g/mol. The van der Waals surface area contributed by atoms with E-state index in [1.807, 2.05) is 38.1 Å². The van der Waals surface area contributed by atoms with E-state index >= 15 is 0 Å². The highest BCUT2D eigenvalue weighted by Crippen LogP contribution is 2.29. The monoisotopic (exact) mass is 317 g/mol. The van der Waals surface area contributed by atoms with Crippen molar-refractivity contribution in [1.82, 2.24) is 5.32 Å². The maximum Gasteiger partial charge on any atom is 0.188 e. The molecule has 0 aliphatic heterocycles. The minimum Gasteiger partial charge on any atom is -0.490 e. The molecule has 0 radical (unpaired) electrons. The van der Waals surface area contributed by atoms with Gasteiger partial charge in [0.2, 0.25) is 0 Å². The highest BCUT2D eigenvalue weighted by Gasteiger charge is 2.13. The lowest BCUT2D eigenvalue weighted by molar-refractivity contribution is 0.0905. The van der Waals surface area contributed by atoms with E-state index in [0.29, 0.717) is 23.9 Å². The molecule has 124 valence electrons. The second-order valence-corrected chi connectivity index (χ2v) is 5.77. The second kappa shape index (κ2) is 8.06. The van der Waals surface area contributed by atoms with E-state index in [1.165, 1.54) is 0 Å². The third-order valence-corrected chi connectivity index (χ3v) is 3.52. The Morgan fingerprint density at radius 1 is 1.17 bits per heavy atom. The second-order valence-electron chi connectivity index (χ2n) is 5.77. The zero-order valence-electron chi connectivity index (χ0n) is 13.5. The summed E-state index contributed by atoms with van der Waals surface area (Å²) >= 11 is 0. The molecular formula is C18H23NO4. The zero-order valence-corrected chi connectivity index (χ0v) is 13.5. The molecule has 2 aromatic carbocycles. The van der Waals surface area contributed by atoms with Gasteiger partial charge in [-0.25, -0.2) is 0 Å². The molecule has 0 spiro atoms. The van der Waals surface area contributed by atoms with Crippen LogP contribution in [-0.4, -0.2) is 47.9 Å². The molecule has 0 aliphatic rings. The molecule has 23 heavy (non-hydrogen) atoms. The molecule has 3 N–H and O–H groups in total. The number of Topliss-reactive ketones (excluding diaryl/α,β-unsaturated/α-hetero) is 1. The molecule has 0 heterocycles. The number of benzene rings is 2. The van der Waals surface area contributed by atoms with Crippen molar-refractivity contribution in [2.45, 2.75) is 26.0 Å². The van der Waals surface area contributed by atoms with Gasteiger partial charge in [0.1, 0.15) is 25.1 Å². The summed E-state index contributed by atoms with van der Waals surface area (Å²) in [5, 5.41) is 23.7. The Hall–Kier alpha value is -1.95. The number of carbonyl (C=O) groups is 1. The Kier molecular flexibility index (Phi) is 6.10. The zero-order chi connectivity index (χ0) is 16.8. The Labute approximate surface area is 135 Å². The first-order chi connectivity index (χ1) is 11.0. The number of aliphatic hydroxyl groups is 2. The van der Waals surface area contributed by atoms with E-state index in [2.05, 4.69) is 5.32 Å². The quantitative estimate of drug-likeness (QED) is 0.647. The third kappa shape index (κ3) is 4.51.